The van der Waals surface area contributed by atoms with Crippen LogP contribution in [0, 0.1) is 6.92 Å². The summed E-state index contributed by atoms with van der Waals surface area (Å²) >= 11 is 6.28. The summed E-state index contributed by atoms with van der Waals surface area (Å²) in [4.78, 5) is 16.6. The van der Waals surface area contributed by atoms with Gasteiger partial charge in [0.25, 0.3) is 0 Å². The SMILES string of the molecule is Cc1ccccc1-c1cc(Cl)nc2cc(OC(C)C(=O)OC(C)(C)C)ccc12. The molecule has 0 aliphatic heterocycles. The van der Waals surface area contributed by atoms with E-state index in [1.54, 1.807) is 13.0 Å². The zero-order valence-electron chi connectivity index (χ0n) is 16.7. The lowest BCUT2D eigenvalue weighted by molar-refractivity contribution is -0.162. The highest BCUT2D eigenvalue weighted by atomic mass is 35.5. The Morgan fingerprint density at radius 3 is 2.46 bits per heavy atom. The van der Waals surface area contributed by atoms with Crippen LogP contribution < -0.4 is 4.74 Å². The summed E-state index contributed by atoms with van der Waals surface area (Å²) < 4.78 is 11.1. The van der Waals surface area contributed by atoms with E-state index >= 15 is 0 Å². The molecule has 28 heavy (non-hydrogen) atoms. The lowest BCUT2D eigenvalue weighted by atomic mass is 9.97. The minimum absolute atomic E-state index is 0.406. The van der Waals surface area contributed by atoms with Gasteiger partial charge in [0.15, 0.2) is 6.10 Å². The number of benzene rings is 2. The van der Waals surface area contributed by atoms with Crippen molar-refractivity contribution in [1.29, 1.82) is 0 Å². The lowest BCUT2D eigenvalue weighted by Crippen LogP contribution is -2.33. The maximum Gasteiger partial charge on any atom is 0.347 e. The van der Waals surface area contributed by atoms with E-state index in [9.17, 15) is 4.79 Å². The Bertz CT molecular complexity index is 1020. The highest BCUT2D eigenvalue weighted by Crippen LogP contribution is 2.34. The van der Waals surface area contributed by atoms with Gasteiger partial charge in [-0.3, -0.25) is 0 Å². The molecule has 146 valence electrons. The van der Waals surface area contributed by atoms with Crippen LogP contribution in [0.2, 0.25) is 5.15 Å². The van der Waals surface area contributed by atoms with Crippen LogP contribution in [0.3, 0.4) is 0 Å². The van der Waals surface area contributed by atoms with Gasteiger partial charge in [-0.25, -0.2) is 9.78 Å². The van der Waals surface area contributed by atoms with Gasteiger partial charge in [-0.05, 0) is 69.5 Å². The number of fused-ring (bicyclic) bond motifs is 1. The maximum atomic E-state index is 12.2. The van der Waals surface area contributed by atoms with Crippen LogP contribution in [0.15, 0.2) is 48.5 Å². The molecule has 3 aromatic rings. The van der Waals surface area contributed by atoms with Crippen LogP contribution in [0.5, 0.6) is 5.75 Å². The summed E-state index contributed by atoms with van der Waals surface area (Å²) in [5, 5.41) is 1.37. The summed E-state index contributed by atoms with van der Waals surface area (Å²) in [6.07, 6.45) is -0.730. The molecular formula is C23H24ClNO3. The van der Waals surface area contributed by atoms with E-state index in [-0.39, 0.29) is 0 Å². The number of halogens is 1. The topological polar surface area (TPSA) is 48.4 Å². The van der Waals surface area contributed by atoms with Crippen LogP contribution in [-0.2, 0) is 9.53 Å². The van der Waals surface area contributed by atoms with Gasteiger partial charge in [0.05, 0.1) is 5.52 Å². The third-order valence-electron chi connectivity index (χ3n) is 4.24. The first-order valence-electron chi connectivity index (χ1n) is 9.20. The Balaban J connectivity index is 1.95. The molecule has 0 bridgehead atoms. The van der Waals surface area contributed by atoms with Crippen molar-refractivity contribution >= 4 is 28.5 Å². The number of carbonyl (C=O) groups is 1. The van der Waals surface area contributed by atoms with E-state index in [0.717, 1.165) is 22.1 Å². The Morgan fingerprint density at radius 1 is 1.07 bits per heavy atom. The van der Waals surface area contributed by atoms with Crippen molar-refractivity contribution in [2.75, 3.05) is 0 Å². The van der Waals surface area contributed by atoms with Crippen molar-refractivity contribution in [2.45, 2.75) is 46.3 Å². The lowest BCUT2D eigenvalue weighted by Gasteiger charge is -2.22. The summed E-state index contributed by atoms with van der Waals surface area (Å²) in [5.41, 5.74) is 3.42. The number of hydrogen-bond donors (Lipinski definition) is 0. The average molecular weight is 398 g/mol. The van der Waals surface area contributed by atoms with Gasteiger partial charge < -0.3 is 9.47 Å². The number of nitrogens with zero attached hydrogens (tertiary/aromatic N) is 1. The quantitative estimate of drug-likeness (QED) is 0.401. The Morgan fingerprint density at radius 2 is 1.79 bits per heavy atom. The Hall–Kier alpha value is -2.59. The highest BCUT2D eigenvalue weighted by molar-refractivity contribution is 6.30. The predicted molar refractivity (Wildman–Crippen MR) is 113 cm³/mol. The van der Waals surface area contributed by atoms with Crippen LogP contribution >= 0.6 is 11.6 Å². The minimum Gasteiger partial charge on any atom is -0.479 e. The number of carbonyl (C=O) groups excluding carboxylic acids is 1. The molecule has 0 saturated heterocycles. The molecular weight excluding hydrogens is 374 g/mol. The molecule has 0 fully saturated rings. The highest BCUT2D eigenvalue weighted by Gasteiger charge is 2.23. The van der Waals surface area contributed by atoms with Crippen molar-refractivity contribution in [2.24, 2.45) is 0 Å². The molecule has 2 aromatic carbocycles. The molecule has 4 nitrogen and oxygen atoms in total. The maximum absolute atomic E-state index is 12.2. The molecule has 0 aliphatic carbocycles. The van der Waals surface area contributed by atoms with Gasteiger partial charge in [0.1, 0.15) is 16.5 Å². The summed E-state index contributed by atoms with van der Waals surface area (Å²) in [5.74, 6) is 0.128. The fourth-order valence-corrected chi connectivity index (χ4v) is 3.18. The molecule has 5 heteroatoms. The van der Waals surface area contributed by atoms with Crippen LogP contribution in [0.25, 0.3) is 22.0 Å². The van der Waals surface area contributed by atoms with Crippen molar-refractivity contribution in [3.8, 4) is 16.9 Å². The largest absolute Gasteiger partial charge is 0.479 e. The standard InChI is InChI=1S/C23H24ClNO3/c1-14-8-6-7-9-17(14)19-13-21(24)25-20-12-16(10-11-18(19)20)27-15(2)22(26)28-23(3,4)5/h6-13,15H,1-5H3. The Kier molecular flexibility index (Phi) is 5.61. The molecule has 1 unspecified atom stereocenters. The fourth-order valence-electron chi connectivity index (χ4n) is 2.98. The fraction of sp³-hybridized carbons (Fsp3) is 0.304. The van der Waals surface area contributed by atoms with Crippen LogP contribution in [0.4, 0.5) is 0 Å². The molecule has 0 radical (unpaired) electrons. The van der Waals surface area contributed by atoms with Gasteiger partial charge in [-0.2, -0.15) is 0 Å². The molecule has 0 aliphatic rings. The zero-order chi connectivity index (χ0) is 20.5. The molecule has 0 spiro atoms. The van der Waals surface area contributed by atoms with Crippen molar-refractivity contribution in [3.63, 3.8) is 0 Å². The van der Waals surface area contributed by atoms with Gasteiger partial charge in [-0.1, -0.05) is 35.9 Å². The number of ether oxygens (including phenoxy) is 2. The van der Waals surface area contributed by atoms with Gasteiger partial charge >= 0.3 is 5.97 Å². The van der Waals surface area contributed by atoms with Crippen molar-refractivity contribution < 1.29 is 14.3 Å². The second kappa shape index (κ2) is 7.80. The van der Waals surface area contributed by atoms with Gasteiger partial charge in [-0.15, -0.1) is 0 Å². The minimum atomic E-state index is -0.730. The van der Waals surface area contributed by atoms with E-state index in [0.29, 0.717) is 16.4 Å². The van der Waals surface area contributed by atoms with E-state index in [2.05, 4.69) is 24.0 Å². The summed E-state index contributed by atoms with van der Waals surface area (Å²) in [6.45, 7) is 9.21. The molecule has 1 aromatic heterocycles. The van der Waals surface area contributed by atoms with E-state index in [1.807, 2.05) is 51.1 Å². The van der Waals surface area contributed by atoms with Gasteiger partial charge in [0.2, 0.25) is 0 Å². The number of rotatable bonds is 4. The molecule has 1 atom stereocenters. The summed E-state index contributed by atoms with van der Waals surface area (Å²) in [7, 11) is 0. The van der Waals surface area contributed by atoms with Crippen LogP contribution in [-0.4, -0.2) is 22.7 Å². The first-order chi connectivity index (χ1) is 13.1. The normalized spacial score (nSPS) is 12.6. The monoisotopic (exact) mass is 397 g/mol. The van der Waals surface area contributed by atoms with Crippen molar-refractivity contribution in [1.82, 2.24) is 4.98 Å². The number of pyridine rings is 1. The van der Waals surface area contributed by atoms with E-state index < -0.39 is 17.7 Å². The third kappa shape index (κ3) is 4.63. The molecule has 0 amide bonds. The molecule has 3 rings (SSSR count). The third-order valence-corrected chi connectivity index (χ3v) is 4.43. The average Bonchev–Trinajstić information content (AvgIpc) is 2.59. The second-order valence-electron chi connectivity index (χ2n) is 7.78. The number of hydrogen-bond acceptors (Lipinski definition) is 4. The number of esters is 1. The van der Waals surface area contributed by atoms with Crippen molar-refractivity contribution in [3.05, 3.63) is 59.2 Å². The first-order valence-corrected chi connectivity index (χ1v) is 9.58. The van der Waals surface area contributed by atoms with Gasteiger partial charge in [0, 0.05) is 11.5 Å². The smallest absolute Gasteiger partial charge is 0.347 e. The second-order valence-corrected chi connectivity index (χ2v) is 8.17. The summed E-state index contributed by atoms with van der Waals surface area (Å²) in [6, 6.07) is 15.6. The molecule has 0 saturated carbocycles. The van der Waals surface area contributed by atoms with E-state index in [4.69, 9.17) is 21.1 Å². The first kappa shape index (κ1) is 20.2. The molecule has 1 heterocycles. The molecule has 0 N–H and O–H groups in total. The van der Waals surface area contributed by atoms with Crippen LogP contribution in [0.1, 0.15) is 33.3 Å². The zero-order valence-corrected chi connectivity index (χ0v) is 17.5. The number of aromatic nitrogens is 1. The number of aryl methyl sites for hydroxylation is 1. The predicted octanol–water partition coefficient (Wildman–Crippen LogP) is 5.97. The Labute approximate surface area is 170 Å². The van der Waals surface area contributed by atoms with E-state index in [1.165, 1.54) is 0 Å².